The Labute approximate surface area is 143 Å². The summed E-state index contributed by atoms with van der Waals surface area (Å²) >= 11 is 0. The zero-order chi connectivity index (χ0) is 17.4. The lowest BCUT2D eigenvalue weighted by molar-refractivity contribution is 0.0729. The van der Waals surface area contributed by atoms with E-state index in [1.165, 1.54) is 16.8 Å². The van der Waals surface area contributed by atoms with Crippen molar-refractivity contribution in [2.24, 2.45) is 7.05 Å². The summed E-state index contributed by atoms with van der Waals surface area (Å²) in [4.78, 5) is 14.7. The molecule has 25 heavy (non-hydrogen) atoms. The van der Waals surface area contributed by atoms with Gasteiger partial charge in [0.1, 0.15) is 5.82 Å². The fourth-order valence-electron chi connectivity index (χ4n) is 3.20. The van der Waals surface area contributed by atoms with Gasteiger partial charge in [0, 0.05) is 25.4 Å². The number of carbonyl (C=O) groups excluding carboxylic acids is 1. The second-order valence-electron chi connectivity index (χ2n) is 6.13. The van der Waals surface area contributed by atoms with E-state index < -0.39 is 0 Å². The average molecular weight is 340 g/mol. The van der Waals surface area contributed by atoms with Gasteiger partial charge in [0.25, 0.3) is 5.91 Å². The van der Waals surface area contributed by atoms with Crippen LogP contribution in [-0.2, 0) is 7.05 Å². The van der Waals surface area contributed by atoms with Crippen LogP contribution in [0.1, 0.15) is 34.9 Å². The standard InChI is InChI=1S/C17H17FN6O/c1-22-10-12(9-19-22)16-3-2-8-23(16)17(25)15-11-24(21-20-15)14-6-4-13(18)5-7-14/h4-7,9-11,16H,2-3,8H2,1H3/t16-/m1/s1. The molecule has 0 bridgehead atoms. The van der Waals surface area contributed by atoms with Crippen LogP contribution in [0.25, 0.3) is 5.69 Å². The number of hydrogen-bond acceptors (Lipinski definition) is 4. The summed E-state index contributed by atoms with van der Waals surface area (Å²) in [5.41, 5.74) is 1.96. The highest BCUT2D eigenvalue weighted by Gasteiger charge is 2.32. The lowest BCUT2D eigenvalue weighted by atomic mass is 10.1. The van der Waals surface area contributed by atoms with Gasteiger partial charge in [-0.05, 0) is 37.1 Å². The van der Waals surface area contributed by atoms with Gasteiger partial charge < -0.3 is 4.90 Å². The number of amides is 1. The highest BCUT2D eigenvalue weighted by atomic mass is 19.1. The number of halogens is 1. The molecule has 1 saturated heterocycles. The van der Waals surface area contributed by atoms with E-state index in [1.54, 1.807) is 29.2 Å². The molecule has 7 nitrogen and oxygen atoms in total. The van der Waals surface area contributed by atoms with Crippen LogP contribution in [0.2, 0.25) is 0 Å². The minimum Gasteiger partial charge on any atom is -0.330 e. The van der Waals surface area contributed by atoms with Crippen molar-refractivity contribution in [1.29, 1.82) is 0 Å². The van der Waals surface area contributed by atoms with Crippen molar-refractivity contribution in [2.75, 3.05) is 6.54 Å². The molecular weight excluding hydrogens is 323 g/mol. The Hall–Kier alpha value is -3.03. The predicted molar refractivity (Wildman–Crippen MR) is 87.5 cm³/mol. The van der Waals surface area contributed by atoms with Crippen molar-refractivity contribution in [3.05, 3.63) is 59.9 Å². The smallest absolute Gasteiger partial charge is 0.276 e. The van der Waals surface area contributed by atoms with Crippen molar-refractivity contribution in [2.45, 2.75) is 18.9 Å². The van der Waals surface area contributed by atoms with E-state index in [4.69, 9.17) is 0 Å². The molecule has 1 fully saturated rings. The van der Waals surface area contributed by atoms with Crippen LogP contribution in [-0.4, -0.2) is 42.1 Å². The highest BCUT2D eigenvalue weighted by Crippen LogP contribution is 2.32. The van der Waals surface area contributed by atoms with E-state index in [0.29, 0.717) is 12.2 Å². The van der Waals surface area contributed by atoms with E-state index in [-0.39, 0.29) is 23.5 Å². The molecule has 0 radical (unpaired) electrons. The Balaban J connectivity index is 1.57. The third-order valence-corrected chi connectivity index (χ3v) is 4.43. The molecule has 3 heterocycles. The molecule has 3 aromatic rings. The van der Waals surface area contributed by atoms with Gasteiger partial charge in [-0.3, -0.25) is 9.48 Å². The van der Waals surface area contributed by atoms with E-state index in [2.05, 4.69) is 15.4 Å². The second-order valence-corrected chi connectivity index (χ2v) is 6.13. The molecule has 1 aliphatic heterocycles. The van der Waals surface area contributed by atoms with E-state index in [0.717, 1.165) is 18.4 Å². The van der Waals surface area contributed by atoms with Crippen LogP contribution in [0.4, 0.5) is 4.39 Å². The fourth-order valence-corrected chi connectivity index (χ4v) is 3.20. The van der Waals surface area contributed by atoms with Crippen LogP contribution < -0.4 is 0 Å². The zero-order valence-corrected chi connectivity index (χ0v) is 13.7. The minimum atomic E-state index is -0.323. The van der Waals surface area contributed by atoms with Gasteiger partial charge in [-0.1, -0.05) is 5.21 Å². The monoisotopic (exact) mass is 340 g/mol. The van der Waals surface area contributed by atoms with Gasteiger partial charge in [-0.2, -0.15) is 5.10 Å². The van der Waals surface area contributed by atoms with Gasteiger partial charge in [0.15, 0.2) is 5.69 Å². The highest BCUT2D eigenvalue weighted by molar-refractivity contribution is 5.92. The first-order valence-electron chi connectivity index (χ1n) is 8.09. The van der Waals surface area contributed by atoms with Crippen molar-refractivity contribution in [3.63, 3.8) is 0 Å². The summed E-state index contributed by atoms with van der Waals surface area (Å²) in [5, 5.41) is 12.2. The Morgan fingerprint density at radius 3 is 2.76 bits per heavy atom. The number of benzene rings is 1. The summed E-state index contributed by atoms with van der Waals surface area (Å²) < 4.78 is 16.2. The van der Waals surface area contributed by atoms with Gasteiger partial charge >= 0.3 is 0 Å². The van der Waals surface area contributed by atoms with Crippen LogP contribution in [0.15, 0.2) is 42.9 Å². The van der Waals surface area contributed by atoms with Gasteiger partial charge in [0.05, 0.1) is 24.1 Å². The van der Waals surface area contributed by atoms with Crippen LogP contribution in [0, 0.1) is 5.82 Å². The predicted octanol–water partition coefficient (Wildman–Crippen LogP) is 2.12. The van der Waals surface area contributed by atoms with Crippen molar-refractivity contribution in [3.8, 4) is 5.69 Å². The molecule has 0 unspecified atom stereocenters. The average Bonchev–Trinajstić information content (AvgIpc) is 3.35. The zero-order valence-electron chi connectivity index (χ0n) is 13.7. The molecular formula is C17H17FN6O. The third-order valence-electron chi connectivity index (χ3n) is 4.43. The Morgan fingerprint density at radius 1 is 1.24 bits per heavy atom. The third kappa shape index (κ3) is 2.90. The number of rotatable bonds is 3. The van der Waals surface area contributed by atoms with Crippen molar-refractivity contribution in [1.82, 2.24) is 29.7 Å². The summed E-state index contributed by atoms with van der Waals surface area (Å²) in [5.74, 6) is -0.476. The summed E-state index contributed by atoms with van der Waals surface area (Å²) in [6.07, 6.45) is 7.16. The lowest BCUT2D eigenvalue weighted by Crippen LogP contribution is -2.30. The maximum atomic E-state index is 13.0. The largest absolute Gasteiger partial charge is 0.330 e. The van der Waals surface area contributed by atoms with Crippen LogP contribution >= 0.6 is 0 Å². The molecule has 128 valence electrons. The summed E-state index contributed by atoms with van der Waals surface area (Å²) in [7, 11) is 1.86. The first kappa shape index (κ1) is 15.5. The Morgan fingerprint density at radius 2 is 2.04 bits per heavy atom. The first-order valence-corrected chi connectivity index (χ1v) is 8.09. The molecule has 0 spiro atoms. The Kier molecular flexibility index (Phi) is 3.79. The van der Waals surface area contributed by atoms with Crippen molar-refractivity contribution < 1.29 is 9.18 Å². The molecule has 2 aromatic heterocycles. The number of nitrogens with zero attached hydrogens (tertiary/aromatic N) is 6. The second kappa shape index (κ2) is 6.12. The van der Waals surface area contributed by atoms with Gasteiger partial charge in [0.2, 0.25) is 0 Å². The Bertz CT molecular complexity index is 900. The maximum absolute atomic E-state index is 13.0. The molecule has 1 aromatic carbocycles. The van der Waals surface area contributed by atoms with E-state index in [1.807, 2.05) is 18.1 Å². The normalized spacial score (nSPS) is 17.2. The molecule has 1 atom stereocenters. The lowest BCUT2D eigenvalue weighted by Gasteiger charge is -2.22. The fraction of sp³-hybridized carbons (Fsp3) is 0.294. The van der Waals surface area contributed by atoms with Crippen LogP contribution in [0.5, 0.6) is 0 Å². The maximum Gasteiger partial charge on any atom is 0.276 e. The SMILES string of the molecule is Cn1cc([C@H]2CCCN2C(=O)c2cn(-c3ccc(F)cc3)nn2)cn1. The molecule has 4 rings (SSSR count). The van der Waals surface area contributed by atoms with Crippen LogP contribution in [0.3, 0.4) is 0 Å². The van der Waals surface area contributed by atoms with E-state index >= 15 is 0 Å². The van der Waals surface area contributed by atoms with Crippen molar-refractivity contribution >= 4 is 5.91 Å². The molecule has 0 N–H and O–H groups in total. The quantitative estimate of drug-likeness (QED) is 0.732. The molecule has 1 amide bonds. The van der Waals surface area contributed by atoms with Gasteiger partial charge in [-0.15, -0.1) is 5.10 Å². The topological polar surface area (TPSA) is 68.8 Å². The molecule has 0 aliphatic carbocycles. The van der Waals surface area contributed by atoms with E-state index in [9.17, 15) is 9.18 Å². The number of carbonyl (C=O) groups is 1. The minimum absolute atomic E-state index is 0.0113. The number of aromatic nitrogens is 5. The number of aryl methyl sites for hydroxylation is 1. The number of hydrogen-bond donors (Lipinski definition) is 0. The molecule has 1 aliphatic rings. The van der Waals surface area contributed by atoms with Gasteiger partial charge in [-0.25, -0.2) is 9.07 Å². The summed E-state index contributed by atoms with van der Waals surface area (Å²) in [6.45, 7) is 0.682. The number of likely N-dealkylation sites (tertiary alicyclic amines) is 1. The first-order chi connectivity index (χ1) is 12.1. The molecule has 8 heteroatoms. The molecule has 0 saturated carbocycles. The summed E-state index contributed by atoms with van der Waals surface area (Å²) in [6, 6.07) is 5.88.